The molecule has 0 saturated heterocycles. The van der Waals surface area contributed by atoms with Crippen LogP contribution in [0.3, 0.4) is 0 Å². The van der Waals surface area contributed by atoms with Crippen molar-refractivity contribution in [2.45, 2.75) is 45.3 Å². The standard InChI is InChI=1S/C11H20N2O2/c1-2-3-4-7-13-8-5-10(12-13)11(15)6-9-14/h5,8,11,14-15H,2-4,6-7,9H2,1H3. The maximum Gasteiger partial charge on any atom is 0.1000 e. The van der Waals surface area contributed by atoms with Gasteiger partial charge in [-0.15, -0.1) is 0 Å². The van der Waals surface area contributed by atoms with Crippen LogP contribution >= 0.6 is 0 Å². The maximum absolute atomic E-state index is 9.57. The maximum atomic E-state index is 9.57. The number of unbranched alkanes of at least 4 members (excludes halogenated alkanes) is 2. The van der Waals surface area contributed by atoms with Crippen LogP contribution in [0.2, 0.25) is 0 Å². The highest BCUT2D eigenvalue weighted by molar-refractivity contribution is 5.02. The zero-order valence-corrected chi connectivity index (χ0v) is 9.26. The number of hydrogen-bond acceptors (Lipinski definition) is 3. The third-order valence-corrected chi connectivity index (χ3v) is 2.40. The molecule has 0 spiro atoms. The first-order valence-corrected chi connectivity index (χ1v) is 5.60. The van der Waals surface area contributed by atoms with E-state index in [0.717, 1.165) is 13.0 Å². The molecule has 4 heteroatoms. The van der Waals surface area contributed by atoms with E-state index in [0.29, 0.717) is 12.1 Å². The summed E-state index contributed by atoms with van der Waals surface area (Å²) in [5.41, 5.74) is 0.653. The van der Waals surface area contributed by atoms with Gasteiger partial charge < -0.3 is 10.2 Å². The molecule has 0 fully saturated rings. The van der Waals surface area contributed by atoms with Crippen molar-refractivity contribution in [3.63, 3.8) is 0 Å². The molecule has 0 aliphatic rings. The van der Waals surface area contributed by atoms with Crippen LogP contribution in [0.1, 0.15) is 44.4 Å². The molecule has 0 saturated carbocycles. The van der Waals surface area contributed by atoms with Gasteiger partial charge >= 0.3 is 0 Å². The van der Waals surface area contributed by atoms with Crippen molar-refractivity contribution in [2.75, 3.05) is 6.61 Å². The van der Waals surface area contributed by atoms with Crippen LogP contribution in [0.25, 0.3) is 0 Å². The highest BCUT2D eigenvalue weighted by Gasteiger charge is 2.09. The van der Waals surface area contributed by atoms with Crippen LogP contribution in [0.4, 0.5) is 0 Å². The minimum atomic E-state index is -0.637. The van der Waals surface area contributed by atoms with Crippen LogP contribution in [-0.2, 0) is 6.54 Å². The fraction of sp³-hybridized carbons (Fsp3) is 0.727. The largest absolute Gasteiger partial charge is 0.396 e. The average molecular weight is 212 g/mol. The van der Waals surface area contributed by atoms with Crippen LogP contribution in [-0.4, -0.2) is 26.6 Å². The summed E-state index contributed by atoms with van der Waals surface area (Å²) in [5.74, 6) is 0. The Morgan fingerprint density at radius 1 is 1.47 bits per heavy atom. The van der Waals surface area contributed by atoms with Gasteiger partial charge in [-0.25, -0.2) is 0 Å². The van der Waals surface area contributed by atoms with Crippen molar-refractivity contribution < 1.29 is 10.2 Å². The molecular formula is C11H20N2O2. The minimum absolute atomic E-state index is 0.0101. The van der Waals surface area contributed by atoms with E-state index in [1.54, 1.807) is 0 Å². The third kappa shape index (κ3) is 4.01. The molecule has 1 aromatic rings. The van der Waals surface area contributed by atoms with Gasteiger partial charge in [0, 0.05) is 25.8 Å². The van der Waals surface area contributed by atoms with Gasteiger partial charge in [-0.05, 0) is 12.5 Å². The predicted octanol–water partition coefficient (Wildman–Crippen LogP) is 1.49. The van der Waals surface area contributed by atoms with Gasteiger partial charge in [0.25, 0.3) is 0 Å². The molecule has 1 aromatic heterocycles. The highest BCUT2D eigenvalue weighted by Crippen LogP contribution is 2.13. The topological polar surface area (TPSA) is 58.3 Å². The molecule has 15 heavy (non-hydrogen) atoms. The van der Waals surface area contributed by atoms with Gasteiger partial charge in [0.2, 0.25) is 0 Å². The lowest BCUT2D eigenvalue weighted by molar-refractivity contribution is 0.130. The van der Waals surface area contributed by atoms with Crippen LogP contribution in [0.15, 0.2) is 12.3 Å². The van der Waals surface area contributed by atoms with Gasteiger partial charge in [-0.3, -0.25) is 4.68 Å². The number of aromatic nitrogens is 2. The Morgan fingerprint density at radius 3 is 2.93 bits per heavy atom. The summed E-state index contributed by atoms with van der Waals surface area (Å²) in [4.78, 5) is 0. The highest BCUT2D eigenvalue weighted by atomic mass is 16.3. The number of aliphatic hydroxyl groups excluding tert-OH is 2. The van der Waals surface area contributed by atoms with Crippen molar-refractivity contribution in [1.82, 2.24) is 9.78 Å². The zero-order valence-electron chi connectivity index (χ0n) is 9.26. The van der Waals surface area contributed by atoms with E-state index in [4.69, 9.17) is 5.11 Å². The summed E-state index contributed by atoms with van der Waals surface area (Å²) in [6.07, 6.45) is 5.11. The molecule has 4 nitrogen and oxygen atoms in total. The normalized spacial score (nSPS) is 13.0. The first-order valence-electron chi connectivity index (χ1n) is 5.60. The quantitative estimate of drug-likeness (QED) is 0.673. The first-order chi connectivity index (χ1) is 7.27. The van der Waals surface area contributed by atoms with Gasteiger partial charge in [0.05, 0.1) is 11.8 Å². The average Bonchev–Trinajstić information content (AvgIpc) is 2.67. The number of nitrogens with zero attached hydrogens (tertiary/aromatic N) is 2. The Balaban J connectivity index is 2.41. The van der Waals surface area contributed by atoms with Crippen LogP contribution < -0.4 is 0 Å². The molecule has 0 aliphatic carbocycles. The molecule has 0 aromatic carbocycles. The molecular weight excluding hydrogens is 192 g/mol. The van der Waals surface area contributed by atoms with E-state index in [9.17, 15) is 5.11 Å². The van der Waals surface area contributed by atoms with Gasteiger partial charge in [-0.1, -0.05) is 19.8 Å². The summed E-state index contributed by atoms with van der Waals surface area (Å²) in [6, 6.07) is 1.81. The SMILES string of the molecule is CCCCCn1ccc(C(O)CCO)n1. The van der Waals surface area contributed by atoms with Gasteiger partial charge in [0.15, 0.2) is 0 Å². The smallest absolute Gasteiger partial charge is 0.1000 e. The fourth-order valence-electron chi connectivity index (χ4n) is 1.47. The summed E-state index contributed by atoms with van der Waals surface area (Å²) in [7, 11) is 0. The van der Waals surface area contributed by atoms with Crippen molar-refractivity contribution in [1.29, 1.82) is 0 Å². The van der Waals surface area contributed by atoms with Crippen molar-refractivity contribution in [3.05, 3.63) is 18.0 Å². The molecule has 1 heterocycles. The summed E-state index contributed by atoms with van der Waals surface area (Å²) in [5, 5.41) is 22.5. The molecule has 0 bridgehead atoms. The second-order valence-electron chi connectivity index (χ2n) is 3.74. The molecule has 1 atom stereocenters. The molecule has 1 unspecified atom stereocenters. The third-order valence-electron chi connectivity index (χ3n) is 2.40. The summed E-state index contributed by atoms with van der Waals surface area (Å²) < 4.78 is 1.85. The first kappa shape index (κ1) is 12.2. The van der Waals surface area contributed by atoms with E-state index in [2.05, 4.69) is 12.0 Å². The molecule has 86 valence electrons. The molecule has 2 N–H and O–H groups in total. The lowest BCUT2D eigenvalue weighted by Gasteiger charge is -2.04. The Labute approximate surface area is 90.5 Å². The second kappa shape index (κ2) is 6.58. The van der Waals surface area contributed by atoms with E-state index >= 15 is 0 Å². The van der Waals surface area contributed by atoms with E-state index < -0.39 is 6.10 Å². The van der Waals surface area contributed by atoms with Gasteiger partial charge in [0.1, 0.15) is 0 Å². The Kier molecular flexibility index (Phi) is 5.36. The molecule has 0 aliphatic heterocycles. The van der Waals surface area contributed by atoms with Crippen molar-refractivity contribution in [3.8, 4) is 0 Å². The molecule has 0 radical (unpaired) electrons. The van der Waals surface area contributed by atoms with Crippen molar-refractivity contribution >= 4 is 0 Å². The lowest BCUT2D eigenvalue weighted by Crippen LogP contribution is -2.04. The second-order valence-corrected chi connectivity index (χ2v) is 3.74. The van der Waals surface area contributed by atoms with E-state index in [-0.39, 0.29) is 6.61 Å². The number of rotatable bonds is 7. The van der Waals surface area contributed by atoms with Gasteiger partial charge in [-0.2, -0.15) is 5.10 Å². The fourth-order valence-corrected chi connectivity index (χ4v) is 1.47. The Hall–Kier alpha value is -0.870. The lowest BCUT2D eigenvalue weighted by atomic mass is 10.2. The summed E-state index contributed by atoms with van der Waals surface area (Å²) in [6.45, 7) is 3.06. The monoisotopic (exact) mass is 212 g/mol. The van der Waals surface area contributed by atoms with Crippen LogP contribution in [0.5, 0.6) is 0 Å². The zero-order chi connectivity index (χ0) is 11.1. The number of aryl methyl sites for hydroxylation is 1. The van der Waals surface area contributed by atoms with E-state index in [1.165, 1.54) is 12.8 Å². The van der Waals surface area contributed by atoms with E-state index in [1.807, 2.05) is 16.9 Å². The minimum Gasteiger partial charge on any atom is -0.396 e. The Bertz CT molecular complexity index is 273. The van der Waals surface area contributed by atoms with Crippen molar-refractivity contribution in [2.24, 2.45) is 0 Å². The van der Waals surface area contributed by atoms with Crippen LogP contribution in [0, 0.1) is 0 Å². The number of hydrogen-bond donors (Lipinski definition) is 2. The number of aliphatic hydroxyl groups is 2. The molecule has 0 amide bonds. The Morgan fingerprint density at radius 2 is 2.27 bits per heavy atom. The predicted molar refractivity (Wildman–Crippen MR) is 58.4 cm³/mol. The summed E-state index contributed by atoms with van der Waals surface area (Å²) >= 11 is 0. The molecule has 1 rings (SSSR count).